The van der Waals surface area contributed by atoms with Crippen LogP contribution in [0, 0.1) is 0 Å². The van der Waals surface area contributed by atoms with Crippen LogP contribution in [0.4, 0.5) is 0 Å². The van der Waals surface area contributed by atoms with Gasteiger partial charge in [0.25, 0.3) is 0 Å². The fourth-order valence-electron chi connectivity index (χ4n) is 4.09. The molecule has 0 saturated carbocycles. The second kappa shape index (κ2) is 16.6. The minimum Gasteiger partial charge on any atom is -0.0654 e. The van der Waals surface area contributed by atoms with Crippen LogP contribution in [0.5, 0.6) is 0 Å². The fourth-order valence-corrected chi connectivity index (χ4v) is 6.51. The highest BCUT2D eigenvalue weighted by molar-refractivity contribution is 7.73. The van der Waals surface area contributed by atoms with E-state index in [9.17, 15) is 0 Å². The SMILES string of the molecule is CCCCCCCCCCCCCCCCP(c1ccccc1)c1ccccc1. The predicted octanol–water partition coefficient (Wildman–Crippen LogP) is 8.60. The molecule has 0 heterocycles. The molecule has 0 bridgehead atoms. The Balaban J connectivity index is 1.52. The summed E-state index contributed by atoms with van der Waals surface area (Å²) in [4.78, 5) is 0. The maximum Gasteiger partial charge on any atom is -0.0195 e. The molecule has 0 N–H and O–H groups in total. The topological polar surface area (TPSA) is 0 Å². The van der Waals surface area contributed by atoms with Crippen molar-refractivity contribution in [2.75, 3.05) is 6.16 Å². The zero-order chi connectivity index (χ0) is 20.4. The van der Waals surface area contributed by atoms with Crippen LogP contribution in [0.2, 0.25) is 0 Å². The minimum atomic E-state index is -0.191. The van der Waals surface area contributed by atoms with Crippen LogP contribution < -0.4 is 10.6 Å². The zero-order valence-electron chi connectivity index (χ0n) is 18.8. The van der Waals surface area contributed by atoms with Crippen molar-refractivity contribution < 1.29 is 0 Å². The van der Waals surface area contributed by atoms with Crippen LogP contribution in [0.1, 0.15) is 96.8 Å². The molecule has 0 spiro atoms. The highest BCUT2D eigenvalue weighted by atomic mass is 31.1. The summed E-state index contributed by atoms with van der Waals surface area (Å²) in [6, 6.07) is 22.3. The molecule has 0 aliphatic heterocycles. The molecule has 0 atom stereocenters. The van der Waals surface area contributed by atoms with Gasteiger partial charge in [-0.3, -0.25) is 0 Å². The summed E-state index contributed by atoms with van der Waals surface area (Å²) in [5.41, 5.74) is 0. The van der Waals surface area contributed by atoms with Crippen molar-refractivity contribution in [1.29, 1.82) is 0 Å². The molecule has 0 aliphatic rings. The van der Waals surface area contributed by atoms with E-state index in [1.165, 1.54) is 107 Å². The Bertz CT molecular complexity index is 553. The van der Waals surface area contributed by atoms with Crippen LogP contribution in [-0.4, -0.2) is 6.16 Å². The smallest absolute Gasteiger partial charge is 0.0195 e. The summed E-state index contributed by atoms with van der Waals surface area (Å²) < 4.78 is 0. The molecule has 0 saturated heterocycles. The largest absolute Gasteiger partial charge is 0.0654 e. The van der Waals surface area contributed by atoms with Crippen molar-refractivity contribution in [2.45, 2.75) is 96.8 Å². The maximum absolute atomic E-state index is 2.32. The Morgan fingerprint density at radius 2 is 0.793 bits per heavy atom. The monoisotopic (exact) mass is 410 g/mol. The first-order valence-electron chi connectivity index (χ1n) is 12.3. The van der Waals surface area contributed by atoms with Crippen molar-refractivity contribution in [1.82, 2.24) is 0 Å². The third-order valence-corrected chi connectivity index (χ3v) is 8.48. The van der Waals surface area contributed by atoms with Gasteiger partial charge in [0.2, 0.25) is 0 Å². The van der Waals surface area contributed by atoms with Crippen molar-refractivity contribution in [2.24, 2.45) is 0 Å². The van der Waals surface area contributed by atoms with Gasteiger partial charge in [-0.15, -0.1) is 0 Å². The molecular weight excluding hydrogens is 367 g/mol. The summed E-state index contributed by atoms with van der Waals surface area (Å²) in [5.74, 6) is 0. The first-order valence-corrected chi connectivity index (χ1v) is 13.8. The van der Waals surface area contributed by atoms with Gasteiger partial charge in [-0.05, 0) is 31.1 Å². The predicted molar refractivity (Wildman–Crippen MR) is 134 cm³/mol. The van der Waals surface area contributed by atoms with Crippen molar-refractivity contribution in [3.05, 3.63) is 60.7 Å². The Labute approximate surface area is 182 Å². The van der Waals surface area contributed by atoms with Gasteiger partial charge >= 0.3 is 0 Å². The summed E-state index contributed by atoms with van der Waals surface area (Å²) >= 11 is 0. The van der Waals surface area contributed by atoms with E-state index in [-0.39, 0.29) is 7.92 Å². The molecule has 160 valence electrons. The highest BCUT2D eigenvalue weighted by Crippen LogP contribution is 2.34. The van der Waals surface area contributed by atoms with Crippen LogP contribution in [0.15, 0.2) is 60.7 Å². The summed E-state index contributed by atoms with van der Waals surface area (Å²) in [7, 11) is -0.191. The number of hydrogen-bond donors (Lipinski definition) is 0. The zero-order valence-corrected chi connectivity index (χ0v) is 19.7. The van der Waals surface area contributed by atoms with Gasteiger partial charge in [-0.25, -0.2) is 0 Å². The van der Waals surface area contributed by atoms with E-state index < -0.39 is 0 Å². The molecular formula is C28H43P. The summed E-state index contributed by atoms with van der Waals surface area (Å²) in [5, 5.41) is 3.06. The van der Waals surface area contributed by atoms with E-state index in [0.717, 1.165) is 0 Å². The quantitative estimate of drug-likeness (QED) is 0.181. The second-order valence-corrected chi connectivity index (χ2v) is 10.8. The molecule has 29 heavy (non-hydrogen) atoms. The number of unbranched alkanes of at least 4 members (excludes halogenated alkanes) is 13. The third-order valence-electron chi connectivity index (χ3n) is 5.87. The molecule has 2 rings (SSSR count). The summed E-state index contributed by atoms with van der Waals surface area (Å²) in [6.07, 6.45) is 21.4. The Morgan fingerprint density at radius 1 is 0.448 bits per heavy atom. The van der Waals surface area contributed by atoms with Gasteiger partial charge in [-0.2, -0.15) is 0 Å². The van der Waals surface area contributed by atoms with Crippen LogP contribution in [0.3, 0.4) is 0 Å². The van der Waals surface area contributed by atoms with Gasteiger partial charge in [-0.1, -0.05) is 151 Å². The molecule has 0 radical (unpaired) electrons. The lowest BCUT2D eigenvalue weighted by Gasteiger charge is -2.18. The molecule has 0 unspecified atom stereocenters. The van der Waals surface area contributed by atoms with Crippen LogP contribution in [0.25, 0.3) is 0 Å². The lowest BCUT2D eigenvalue weighted by molar-refractivity contribution is 0.538. The first-order chi connectivity index (χ1) is 14.4. The number of rotatable bonds is 17. The first kappa shape index (κ1) is 24.1. The van der Waals surface area contributed by atoms with Crippen molar-refractivity contribution in [3.8, 4) is 0 Å². The molecule has 0 nitrogen and oxygen atoms in total. The lowest BCUT2D eigenvalue weighted by atomic mass is 10.0. The molecule has 0 amide bonds. The molecule has 0 aromatic heterocycles. The molecule has 0 aliphatic carbocycles. The number of hydrogen-bond acceptors (Lipinski definition) is 0. The molecule has 1 heteroatoms. The average molecular weight is 411 g/mol. The minimum absolute atomic E-state index is 0.191. The molecule has 0 fully saturated rings. The average Bonchev–Trinajstić information content (AvgIpc) is 2.78. The Kier molecular flexibility index (Phi) is 13.9. The van der Waals surface area contributed by atoms with E-state index in [1.54, 1.807) is 0 Å². The van der Waals surface area contributed by atoms with Gasteiger partial charge < -0.3 is 0 Å². The number of benzene rings is 2. The van der Waals surface area contributed by atoms with Crippen molar-refractivity contribution in [3.63, 3.8) is 0 Å². The molecule has 2 aromatic rings. The summed E-state index contributed by atoms with van der Waals surface area (Å²) in [6.45, 7) is 2.30. The maximum atomic E-state index is 2.32. The lowest BCUT2D eigenvalue weighted by Crippen LogP contribution is -2.13. The Morgan fingerprint density at radius 3 is 1.17 bits per heavy atom. The second-order valence-electron chi connectivity index (χ2n) is 8.42. The van der Waals surface area contributed by atoms with Gasteiger partial charge in [0.15, 0.2) is 0 Å². The van der Waals surface area contributed by atoms with Crippen LogP contribution >= 0.6 is 7.92 Å². The fraction of sp³-hybridized carbons (Fsp3) is 0.571. The molecule has 2 aromatic carbocycles. The van der Waals surface area contributed by atoms with Crippen molar-refractivity contribution >= 4 is 18.5 Å². The standard InChI is InChI=1S/C28H43P/c1-2-3-4-5-6-7-8-9-10-11-12-13-14-21-26-29(27-22-17-15-18-23-27)28-24-19-16-20-25-28/h15-20,22-25H,2-14,21,26H2,1H3. The van der Waals surface area contributed by atoms with E-state index in [1.807, 2.05) is 0 Å². The van der Waals surface area contributed by atoms with Gasteiger partial charge in [0.1, 0.15) is 0 Å². The van der Waals surface area contributed by atoms with E-state index >= 15 is 0 Å². The highest BCUT2D eigenvalue weighted by Gasteiger charge is 2.12. The van der Waals surface area contributed by atoms with E-state index in [4.69, 9.17) is 0 Å². The van der Waals surface area contributed by atoms with Gasteiger partial charge in [0.05, 0.1) is 0 Å². The Hall–Kier alpha value is -1.13. The van der Waals surface area contributed by atoms with E-state index in [0.29, 0.717) is 0 Å². The normalized spacial score (nSPS) is 11.2. The van der Waals surface area contributed by atoms with Crippen LogP contribution in [-0.2, 0) is 0 Å². The van der Waals surface area contributed by atoms with Gasteiger partial charge in [0, 0.05) is 0 Å². The van der Waals surface area contributed by atoms with E-state index in [2.05, 4.69) is 67.6 Å². The third kappa shape index (κ3) is 11.0.